The minimum absolute atomic E-state index is 0.153. The lowest BCUT2D eigenvalue weighted by Crippen LogP contribution is -2.52. The number of nitrogens with one attached hydrogen (secondary N) is 1. The summed E-state index contributed by atoms with van der Waals surface area (Å²) in [6.07, 6.45) is 12.5. The van der Waals surface area contributed by atoms with Crippen molar-refractivity contribution in [3.63, 3.8) is 0 Å². The van der Waals surface area contributed by atoms with Gasteiger partial charge in [0.1, 0.15) is 0 Å². The molecular formula is C29H48N3O2. The third-order valence-corrected chi connectivity index (χ3v) is 7.03. The number of carbonyl (C=O) groups is 2. The first-order valence-electron chi connectivity index (χ1n) is 13.3. The summed E-state index contributed by atoms with van der Waals surface area (Å²) >= 11 is 0. The number of nitrogens with zero attached hydrogens (tertiary/aromatic N) is 1. The Morgan fingerprint density at radius 1 is 1.12 bits per heavy atom. The van der Waals surface area contributed by atoms with Crippen LogP contribution in [0.4, 0.5) is 5.69 Å². The molecule has 5 nitrogen and oxygen atoms in total. The van der Waals surface area contributed by atoms with Crippen molar-refractivity contribution in [3.05, 3.63) is 36.2 Å². The Hall–Kier alpha value is -2.04. The fourth-order valence-electron chi connectivity index (χ4n) is 4.73. The van der Waals surface area contributed by atoms with E-state index in [1.165, 1.54) is 56.2 Å². The second kappa shape index (κ2) is 13.7. The van der Waals surface area contributed by atoms with Crippen LogP contribution in [-0.2, 0) is 16.0 Å². The van der Waals surface area contributed by atoms with E-state index in [0.717, 1.165) is 25.3 Å². The van der Waals surface area contributed by atoms with Crippen LogP contribution >= 0.6 is 0 Å². The zero-order valence-corrected chi connectivity index (χ0v) is 22.2. The van der Waals surface area contributed by atoms with Crippen LogP contribution in [0, 0.1) is 24.2 Å². The van der Waals surface area contributed by atoms with E-state index in [9.17, 15) is 9.59 Å². The van der Waals surface area contributed by atoms with Crippen LogP contribution in [0.3, 0.4) is 0 Å². The molecule has 1 aromatic carbocycles. The molecule has 1 aromatic rings. The van der Waals surface area contributed by atoms with Crippen LogP contribution in [-0.4, -0.2) is 30.4 Å². The van der Waals surface area contributed by atoms with Crippen molar-refractivity contribution >= 4 is 17.5 Å². The smallest absolute Gasteiger partial charge is 0.224 e. The monoisotopic (exact) mass is 470 g/mol. The molecule has 1 unspecified atom stereocenters. The summed E-state index contributed by atoms with van der Waals surface area (Å²) < 4.78 is 0. The fourth-order valence-corrected chi connectivity index (χ4v) is 4.73. The molecule has 1 fully saturated rings. The molecule has 0 bridgehead atoms. The summed E-state index contributed by atoms with van der Waals surface area (Å²) in [6, 6.07) is 9.06. The second-order valence-corrected chi connectivity index (χ2v) is 11.4. The van der Waals surface area contributed by atoms with E-state index in [-0.39, 0.29) is 17.7 Å². The normalized spacial score (nSPS) is 15.8. The quantitative estimate of drug-likeness (QED) is 0.368. The Kier molecular flexibility index (Phi) is 11.4. The Bertz CT molecular complexity index is 751. The Balaban J connectivity index is 1.97. The maximum atomic E-state index is 12.5. The zero-order chi connectivity index (χ0) is 25.1. The maximum Gasteiger partial charge on any atom is 0.224 e. The Morgan fingerprint density at radius 2 is 1.76 bits per heavy atom. The summed E-state index contributed by atoms with van der Waals surface area (Å²) in [5.74, 6) is 0.639. The molecule has 0 saturated heterocycles. The first kappa shape index (κ1) is 28.2. The Morgan fingerprint density at radius 3 is 2.35 bits per heavy atom. The number of benzene rings is 1. The standard InChI is InChI=1S/C29H48N3O2/c1-22(2)19-20-32(21-29(4,5)31-27(33)18-11-23(3)28(30)34)26-16-14-25(15-17-26)13-12-24-9-7-6-8-10-24/h14-18,22-24H,6-13,19-21H2,1-5H3,(H2,30,34)(H,31,33). The predicted octanol–water partition coefficient (Wildman–Crippen LogP) is 5.66. The molecule has 1 radical (unpaired) electrons. The highest BCUT2D eigenvalue weighted by atomic mass is 16.2. The van der Waals surface area contributed by atoms with Crippen LogP contribution in [0.15, 0.2) is 24.3 Å². The highest BCUT2D eigenvalue weighted by Crippen LogP contribution is 2.28. The SMILES string of the molecule is CC(C)CCN(CC(C)(C)NC(=O)[CH]CC(C)C(N)=O)c1ccc(CCC2CCCCC2)cc1. The molecule has 1 aliphatic carbocycles. The number of rotatable bonds is 14. The first-order chi connectivity index (χ1) is 16.1. The summed E-state index contributed by atoms with van der Waals surface area (Å²) in [4.78, 5) is 26.1. The van der Waals surface area contributed by atoms with Gasteiger partial charge in [-0.05, 0) is 69.1 Å². The van der Waals surface area contributed by atoms with E-state index < -0.39 is 5.54 Å². The van der Waals surface area contributed by atoms with Gasteiger partial charge >= 0.3 is 0 Å². The summed E-state index contributed by atoms with van der Waals surface area (Å²) in [5, 5.41) is 3.12. The number of anilines is 1. The van der Waals surface area contributed by atoms with Crippen LogP contribution in [0.5, 0.6) is 0 Å². The molecule has 0 heterocycles. The molecule has 1 saturated carbocycles. The van der Waals surface area contributed by atoms with E-state index in [1.807, 2.05) is 0 Å². The molecule has 0 aromatic heterocycles. The van der Waals surface area contributed by atoms with Crippen molar-refractivity contribution in [2.24, 2.45) is 23.5 Å². The summed E-state index contributed by atoms with van der Waals surface area (Å²) in [6.45, 7) is 12.0. The van der Waals surface area contributed by atoms with Gasteiger partial charge in [-0.1, -0.05) is 65.0 Å². The number of carbonyl (C=O) groups excluding carboxylic acids is 2. The molecule has 5 heteroatoms. The number of primary amides is 1. The Labute approximate surface area is 208 Å². The minimum Gasteiger partial charge on any atom is -0.369 e. The summed E-state index contributed by atoms with van der Waals surface area (Å²) in [5.41, 5.74) is 7.52. The van der Waals surface area contributed by atoms with Crippen LogP contribution in [0.2, 0.25) is 0 Å². The van der Waals surface area contributed by atoms with Crippen LogP contribution in [0.1, 0.15) is 91.5 Å². The molecular weight excluding hydrogens is 422 g/mol. The zero-order valence-electron chi connectivity index (χ0n) is 22.2. The van der Waals surface area contributed by atoms with Gasteiger partial charge in [-0.15, -0.1) is 0 Å². The van der Waals surface area contributed by atoms with Crippen LogP contribution in [0.25, 0.3) is 0 Å². The van der Waals surface area contributed by atoms with E-state index in [0.29, 0.717) is 18.9 Å². The number of aryl methyl sites for hydroxylation is 1. The molecule has 3 N–H and O–H groups in total. The number of nitrogens with two attached hydrogens (primary N) is 1. The van der Waals surface area contributed by atoms with E-state index in [2.05, 4.69) is 62.2 Å². The van der Waals surface area contributed by atoms with E-state index >= 15 is 0 Å². The number of hydrogen-bond acceptors (Lipinski definition) is 3. The summed E-state index contributed by atoms with van der Waals surface area (Å²) in [7, 11) is 0. The molecule has 0 spiro atoms. The average Bonchev–Trinajstić information content (AvgIpc) is 2.79. The second-order valence-electron chi connectivity index (χ2n) is 11.4. The molecule has 191 valence electrons. The van der Waals surface area contributed by atoms with Gasteiger partial charge in [0.15, 0.2) is 0 Å². The van der Waals surface area contributed by atoms with Gasteiger partial charge in [0, 0.05) is 24.7 Å². The highest BCUT2D eigenvalue weighted by Gasteiger charge is 2.25. The van der Waals surface area contributed by atoms with Crippen LogP contribution < -0.4 is 16.0 Å². The van der Waals surface area contributed by atoms with Gasteiger partial charge in [-0.25, -0.2) is 0 Å². The van der Waals surface area contributed by atoms with Crippen molar-refractivity contribution < 1.29 is 9.59 Å². The topological polar surface area (TPSA) is 75.4 Å². The average molecular weight is 471 g/mol. The van der Waals surface area contributed by atoms with Crippen molar-refractivity contribution in [2.75, 3.05) is 18.0 Å². The fraction of sp³-hybridized carbons (Fsp3) is 0.690. The lowest BCUT2D eigenvalue weighted by Gasteiger charge is -2.35. The minimum atomic E-state index is -0.416. The van der Waals surface area contributed by atoms with Gasteiger partial charge in [0.05, 0.1) is 12.0 Å². The van der Waals surface area contributed by atoms with Crippen molar-refractivity contribution in [1.82, 2.24) is 5.32 Å². The van der Waals surface area contributed by atoms with E-state index in [1.54, 1.807) is 6.92 Å². The molecule has 1 atom stereocenters. The van der Waals surface area contributed by atoms with Gasteiger partial charge < -0.3 is 16.0 Å². The highest BCUT2D eigenvalue weighted by molar-refractivity contribution is 5.86. The third-order valence-electron chi connectivity index (χ3n) is 7.03. The molecule has 2 amide bonds. The lowest BCUT2D eigenvalue weighted by atomic mass is 9.85. The molecule has 0 aliphatic heterocycles. The van der Waals surface area contributed by atoms with Crippen molar-refractivity contribution in [3.8, 4) is 0 Å². The van der Waals surface area contributed by atoms with E-state index in [4.69, 9.17) is 5.73 Å². The third kappa shape index (κ3) is 10.5. The van der Waals surface area contributed by atoms with Gasteiger partial charge in [0.25, 0.3) is 0 Å². The predicted molar refractivity (Wildman–Crippen MR) is 143 cm³/mol. The number of hydrogen-bond donors (Lipinski definition) is 2. The molecule has 34 heavy (non-hydrogen) atoms. The maximum absolute atomic E-state index is 12.5. The van der Waals surface area contributed by atoms with Gasteiger partial charge in [0.2, 0.25) is 11.8 Å². The first-order valence-corrected chi connectivity index (χ1v) is 13.3. The van der Waals surface area contributed by atoms with Crippen molar-refractivity contribution in [2.45, 2.75) is 97.9 Å². The lowest BCUT2D eigenvalue weighted by molar-refractivity contribution is -0.121. The molecule has 1 aliphatic rings. The van der Waals surface area contributed by atoms with Gasteiger partial charge in [-0.3, -0.25) is 9.59 Å². The number of amides is 2. The largest absolute Gasteiger partial charge is 0.369 e. The van der Waals surface area contributed by atoms with Gasteiger partial charge in [-0.2, -0.15) is 0 Å². The van der Waals surface area contributed by atoms with Crippen molar-refractivity contribution in [1.29, 1.82) is 0 Å². The molecule has 2 rings (SSSR count).